The molecule has 10 heteroatoms. The van der Waals surface area contributed by atoms with Crippen LogP contribution >= 0.6 is 7.82 Å². The van der Waals surface area contributed by atoms with Crippen molar-refractivity contribution in [3.63, 3.8) is 0 Å². The van der Waals surface area contributed by atoms with Gasteiger partial charge in [0, 0.05) is 12.4 Å². The third-order valence-corrected chi connectivity index (χ3v) is 0.478. The summed E-state index contributed by atoms with van der Waals surface area (Å²) in [6, 6.07) is 1.78. The summed E-state index contributed by atoms with van der Waals surface area (Å²) in [5, 5.41) is 6.06. The van der Waals surface area contributed by atoms with E-state index in [1.807, 2.05) is 0 Å². The van der Waals surface area contributed by atoms with Gasteiger partial charge < -0.3 is 26.1 Å². The highest BCUT2D eigenvalue weighted by Crippen LogP contribution is 2.25. The zero-order valence-electron chi connectivity index (χ0n) is 7.56. The quantitative estimate of drug-likeness (QED) is 0.177. The lowest BCUT2D eigenvalue weighted by Gasteiger charge is -1.82. The molecule has 0 radical (unpaired) electrons. The van der Waals surface area contributed by atoms with Crippen molar-refractivity contribution in [1.82, 2.24) is 9.97 Å². The predicted molar refractivity (Wildman–Crippen MR) is 52.4 cm³/mol. The zero-order chi connectivity index (χ0) is 12.3. The van der Waals surface area contributed by atoms with Crippen molar-refractivity contribution >= 4 is 13.8 Å². The Kier molecular flexibility index (Phi) is 9.58. The van der Waals surface area contributed by atoms with E-state index in [0.717, 1.165) is 0 Å². The highest BCUT2D eigenvalue weighted by molar-refractivity contribution is 7.45. The normalized spacial score (nSPS) is 8.73. The number of nitrogens with one attached hydrogen (secondary N) is 1. The van der Waals surface area contributed by atoms with E-state index >= 15 is 0 Å². The van der Waals surface area contributed by atoms with E-state index < -0.39 is 7.82 Å². The monoisotopic (exact) mass is 237 g/mol. The maximum absolute atomic E-state index is 8.88. The van der Waals surface area contributed by atoms with E-state index in [4.69, 9.17) is 24.7 Å². The SMILES string of the molecule is N=C(N)N.O=P(O)(O)O.c1cncnc1. The van der Waals surface area contributed by atoms with Crippen LogP contribution in [0.4, 0.5) is 0 Å². The Morgan fingerprint density at radius 3 is 1.53 bits per heavy atom. The van der Waals surface area contributed by atoms with E-state index in [-0.39, 0.29) is 5.96 Å². The van der Waals surface area contributed by atoms with Crippen molar-refractivity contribution in [2.24, 2.45) is 11.5 Å². The second-order valence-corrected chi connectivity index (χ2v) is 2.90. The largest absolute Gasteiger partial charge is 0.466 e. The lowest BCUT2D eigenvalue weighted by Crippen LogP contribution is -2.20. The summed E-state index contributed by atoms with van der Waals surface area (Å²) in [7, 11) is -4.64. The van der Waals surface area contributed by atoms with Crippen molar-refractivity contribution < 1.29 is 19.2 Å². The third-order valence-electron chi connectivity index (χ3n) is 0.478. The molecule has 0 unspecified atom stereocenters. The van der Waals surface area contributed by atoms with Gasteiger partial charge in [-0.05, 0) is 6.07 Å². The Bertz CT molecular complexity index is 263. The molecule has 1 heterocycles. The summed E-state index contributed by atoms with van der Waals surface area (Å²) in [6.07, 6.45) is 4.88. The van der Waals surface area contributed by atoms with Crippen molar-refractivity contribution in [1.29, 1.82) is 5.41 Å². The summed E-state index contributed by atoms with van der Waals surface area (Å²) < 4.78 is 8.88. The molecule has 0 amide bonds. The summed E-state index contributed by atoms with van der Waals surface area (Å²) in [4.78, 5) is 28.9. The van der Waals surface area contributed by atoms with Crippen LogP contribution in [0.2, 0.25) is 0 Å². The molecule has 15 heavy (non-hydrogen) atoms. The van der Waals surface area contributed by atoms with E-state index in [2.05, 4.69) is 21.4 Å². The first-order chi connectivity index (χ1) is 6.73. The molecule has 8 N–H and O–H groups in total. The minimum Gasteiger partial charge on any atom is -0.370 e. The maximum atomic E-state index is 8.88. The smallest absolute Gasteiger partial charge is 0.370 e. The molecule has 0 bridgehead atoms. The van der Waals surface area contributed by atoms with Crippen LogP contribution in [0, 0.1) is 5.41 Å². The van der Waals surface area contributed by atoms with Crippen LogP contribution in [0.5, 0.6) is 0 Å². The Labute approximate surface area is 85.5 Å². The van der Waals surface area contributed by atoms with Crippen molar-refractivity contribution in [2.75, 3.05) is 0 Å². The average Bonchev–Trinajstić information content (AvgIpc) is 2.03. The van der Waals surface area contributed by atoms with Gasteiger partial charge in [-0.2, -0.15) is 0 Å². The molecule has 0 aliphatic carbocycles. The molecule has 1 aromatic heterocycles. The summed E-state index contributed by atoms with van der Waals surface area (Å²) >= 11 is 0. The molecule has 1 aromatic rings. The van der Waals surface area contributed by atoms with Crippen LogP contribution in [0.25, 0.3) is 0 Å². The Morgan fingerprint density at radius 1 is 1.20 bits per heavy atom. The Morgan fingerprint density at radius 2 is 1.47 bits per heavy atom. The number of hydrogen-bond acceptors (Lipinski definition) is 4. The van der Waals surface area contributed by atoms with Gasteiger partial charge >= 0.3 is 7.82 Å². The van der Waals surface area contributed by atoms with Crippen LogP contribution in [-0.4, -0.2) is 30.6 Å². The van der Waals surface area contributed by atoms with Gasteiger partial charge in [0.05, 0.1) is 0 Å². The molecule has 0 spiro atoms. The fourth-order valence-electron chi connectivity index (χ4n) is 0.253. The van der Waals surface area contributed by atoms with Gasteiger partial charge in [-0.1, -0.05) is 0 Å². The number of phosphoric acid groups is 1. The van der Waals surface area contributed by atoms with Crippen molar-refractivity contribution in [3.8, 4) is 0 Å². The van der Waals surface area contributed by atoms with Gasteiger partial charge in [0.15, 0.2) is 5.96 Å². The van der Waals surface area contributed by atoms with E-state index in [1.54, 1.807) is 18.5 Å². The molecule has 1 rings (SSSR count). The molecule has 9 nitrogen and oxygen atoms in total. The van der Waals surface area contributed by atoms with E-state index in [1.165, 1.54) is 6.33 Å². The van der Waals surface area contributed by atoms with Crippen molar-refractivity contribution in [3.05, 3.63) is 24.8 Å². The zero-order valence-corrected chi connectivity index (χ0v) is 8.45. The standard InChI is InChI=1S/C4H4N2.CH5N3.H3O4P/c1-2-5-4-6-3-1;2-1(3)4;1-5(2,3)4/h1-4H;(H5,2,3,4);(H3,1,2,3,4). The molecule has 0 aliphatic heterocycles. The van der Waals surface area contributed by atoms with Gasteiger partial charge in [-0.15, -0.1) is 0 Å². The molecule has 86 valence electrons. The molecular formula is C5H12N5O4P. The highest BCUT2D eigenvalue weighted by atomic mass is 31.2. The van der Waals surface area contributed by atoms with E-state index in [9.17, 15) is 0 Å². The first kappa shape index (κ1) is 15.9. The van der Waals surface area contributed by atoms with Gasteiger partial charge in [0.2, 0.25) is 0 Å². The van der Waals surface area contributed by atoms with E-state index in [0.29, 0.717) is 0 Å². The highest BCUT2D eigenvalue weighted by Gasteiger charge is 2.00. The molecule has 0 saturated carbocycles. The topological polar surface area (TPSA) is 179 Å². The average molecular weight is 237 g/mol. The molecule has 0 atom stereocenters. The second kappa shape index (κ2) is 9.03. The van der Waals surface area contributed by atoms with Crippen LogP contribution in [0.3, 0.4) is 0 Å². The van der Waals surface area contributed by atoms with Crippen LogP contribution < -0.4 is 11.5 Å². The van der Waals surface area contributed by atoms with Crippen LogP contribution in [0.1, 0.15) is 0 Å². The van der Waals surface area contributed by atoms with Gasteiger partial charge in [0.25, 0.3) is 0 Å². The number of nitrogens with two attached hydrogens (primary N) is 2. The fourth-order valence-corrected chi connectivity index (χ4v) is 0.253. The molecular weight excluding hydrogens is 225 g/mol. The number of guanidine groups is 1. The summed E-state index contributed by atoms with van der Waals surface area (Å²) in [6.45, 7) is 0. The lowest BCUT2D eigenvalue weighted by molar-refractivity contribution is 0.275. The first-order valence-corrected chi connectivity index (χ1v) is 4.87. The van der Waals surface area contributed by atoms with Gasteiger partial charge in [-0.3, -0.25) is 5.41 Å². The molecule has 0 aliphatic rings. The lowest BCUT2D eigenvalue weighted by atomic mass is 10.7. The summed E-state index contributed by atoms with van der Waals surface area (Å²) in [5.41, 5.74) is 8.94. The third kappa shape index (κ3) is 68.5. The number of hydrogen-bond donors (Lipinski definition) is 6. The van der Waals surface area contributed by atoms with Crippen molar-refractivity contribution in [2.45, 2.75) is 0 Å². The Hall–Kier alpha value is -1.54. The number of aromatic nitrogens is 2. The molecule has 0 aromatic carbocycles. The maximum Gasteiger partial charge on any atom is 0.466 e. The van der Waals surface area contributed by atoms with Crippen LogP contribution in [0.15, 0.2) is 24.8 Å². The molecule has 0 saturated heterocycles. The van der Waals surface area contributed by atoms with Gasteiger partial charge in [0.1, 0.15) is 6.33 Å². The van der Waals surface area contributed by atoms with Crippen LogP contribution in [-0.2, 0) is 4.57 Å². The Balaban J connectivity index is 0. The first-order valence-electron chi connectivity index (χ1n) is 3.31. The minimum absolute atomic E-state index is 0.333. The summed E-state index contributed by atoms with van der Waals surface area (Å²) in [5.74, 6) is -0.333. The minimum atomic E-state index is -4.64. The number of nitrogens with zero attached hydrogens (tertiary/aromatic N) is 2. The van der Waals surface area contributed by atoms with Gasteiger partial charge in [-0.25, -0.2) is 14.5 Å². The molecule has 0 fully saturated rings. The fraction of sp³-hybridized carbons (Fsp3) is 0. The number of rotatable bonds is 0. The second-order valence-electron chi connectivity index (χ2n) is 1.87. The predicted octanol–water partition coefficient (Wildman–Crippen LogP) is -1.61.